The van der Waals surface area contributed by atoms with Crippen LogP contribution in [0.25, 0.3) is 0 Å². The molecule has 1 aromatic carbocycles. The Hall–Kier alpha value is -1.81. The summed E-state index contributed by atoms with van der Waals surface area (Å²) in [6.45, 7) is 4.89. The fourth-order valence-corrected chi connectivity index (χ4v) is 2.66. The van der Waals surface area contributed by atoms with Crippen LogP contribution in [0.4, 0.5) is 5.69 Å². The van der Waals surface area contributed by atoms with Gasteiger partial charge in [0.25, 0.3) is 0 Å². The molecular weight excluding hydrogens is 258 g/mol. The van der Waals surface area contributed by atoms with Crippen LogP contribution in [0.15, 0.2) is 29.6 Å². The molecule has 0 aliphatic carbocycles. The monoisotopic (exact) mass is 275 g/mol. The lowest BCUT2D eigenvalue weighted by Gasteiger charge is -2.10. The van der Waals surface area contributed by atoms with E-state index in [0.717, 1.165) is 17.8 Å². The van der Waals surface area contributed by atoms with Crippen molar-refractivity contribution in [2.45, 2.75) is 20.4 Å². The van der Waals surface area contributed by atoms with Gasteiger partial charge in [-0.15, -0.1) is 11.3 Å². The minimum Gasteiger partial charge on any atom is -0.465 e. The van der Waals surface area contributed by atoms with Crippen LogP contribution in [0.2, 0.25) is 0 Å². The minimum absolute atomic E-state index is 0.310. The van der Waals surface area contributed by atoms with Crippen molar-refractivity contribution in [3.05, 3.63) is 51.2 Å². The maximum Gasteiger partial charge on any atom is 0.337 e. The molecule has 0 atom stereocenters. The van der Waals surface area contributed by atoms with E-state index in [4.69, 9.17) is 4.74 Å². The van der Waals surface area contributed by atoms with Crippen molar-refractivity contribution in [2.24, 2.45) is 0 Å². The van der Waals surface area contributed by atoms with E-state index < -0.39 is 0 Å². The predicted octanol–water partition coefficient (Wildman–Crippen LogP) is 3.76. The molecule has 0 aliphatic heterocycles. The Kier molecular flexibility index (Phi) is 4.22. The summed E-state index contributed by atoms with van der Waals surface area (Å²) in [4.78, 5) is 12.8. The van der Waals surface area contributed by atoms with Gasteiger partial charge in [-0.1, -0.05) is 6.07 Å². The number of hydrogen-bond acceptors (Lipinski definition) is 4. The van der Waals surface area contributed by atoms with Crippen molar-refractivity contribution in [1.29, 1.82) is 0 Å². The molecule has 0 spiro atoms. The molecule has 2 aromatic rings. The van der Waals surface area contributed by atoms with Crippen molar-refractivity contribution in [1.82, 2.24) is 0 Å². The maximum absolute atomic E-state index is 11.5. The third kappa shape index (κ3) is 3.15. The van der Waals surface area contributed by atoms with Crippen LogP contribution in [0.3, 0.4) is 0 Å². The lowest BCUT2D eigenvalue weighted by molar-refractivity contribution is 0.0601. The number of hydrogen-bond donors (Lipinski definition) is 1. The summed E-state index contributed by atoms with van der Waals surface area (Å²) in [6.07, 6.45) is 0. The summed E-state index contributed by atoms with van der Waals surface area (Å²) in [7, 11) is 1.39. The van der Waals surface area contributed by atoms with E-state index in [2.05, 4.69) is 23.7 Å². The number of aryl methyl sites for hydroxylation is 2. The number of thiophene rings is 1. The first-order valence-electron chi connectivity index (χ1n) is 6.07. The van der Waals surface area contributed by atoms with E-state index in [1.54, 1.807) is 17.4 Å². The summed E-state index contributed by atoms with van der Waals surface area (Å²) >= 11 is 1.74. The average molecular weight is 275 g/mol. The average Bonchev–Trinajstić information content (AvgIpc) is 2.82. The number of ether oxygens (including phenoxy) is 1. The summed E-state index contributed by atoms with van der Waals surface area (Å²) in [6, 6.07) is 7.65. The van der Waals surface area contributed by atoms with Gasteiger partial charge in [0.2, 0.25) is 0 Å². The highest BCUT2D eigenvalue weighted by Crippen LogP contribution is 2.21. The van der Waals surface area contributed by atoms with Crippen molar-refractivity contribution in [3.8, 4) is 0 Å². The lowest BCUT2D eigenvalue weighted by atomic mass is 10.1. The number of benzene rings is 1. The number of carbonyl (C=O) groups is 1. The van der Waals surface area contributed by atoms with Crippen LogP contribution in [-0.4, -0.2) is 13.1 Å². The van der Waals surface area contributed by atoms with Crippen molar-refractivity contribution in [3.63, 3.8) is 0 Å². The topological polar surface area (TPSA) is 38.3 Å². The molecule has 2 rings (SSSR count). The Labute approximate surface area is 117 Å². The molecule has 1 aromatic heterocycles. The molecule has 1 N–H and O–H groups in total. The van der Waals surface area contributed by atoms with E-state index >= 15 is 0 Å². The Balaban J connectivity index is 2.15. The van der Waals surface area contributed by atoms with E-state index in [1.165, 1.54) is 17.6 Å². The molecule has 0 amide bonds. The standard InChI is InChI=1S/C15H17NO2S/c1-10-4-5-12(15(17)18-3)8-13(10)16-9-14-11(2)6-7-19-14/h4-8,16H,9H2,1-3H3. The van der Waals surface area contributed by atoms with E-state index in [9.17, 15) is 4.79 Å². The Morgan fingerprint density at radius 3 is 2.68 bits per heavy atom. The van der Waals surface area contributed by atoms with Gasteiger partial charge in [0.1, 0.15) is 0 Å². The number of carbonyl (C=O) groups excluding carboxylic acids is 1. The Morgan fingerprint density at radius 1 is 1.26 bits per heavy atom. The number of nitrogens with one attached hydrogen (secondary N) is 1. The molecule has 1 heterocycles. The molecule has 0 unspecified atom stereocenters. The third-order valence-corrected chi connectivity index (χ3v) is 4.09. The summed E-state index contributed by atoms with van der Waals surface area (Å²) < 4.78 is 4.74. The van der Waals surface area contributed by atoms with E-state index in [1.807, 2.05) is 19.1 Å². The fraction of sp³-hybridized carbons (Fsp3) is 0.267. The molecule has 3 nitrogen and oxygen atoms in total. The van der Waals surface area contributed by atoms with E-state index in [0.29, 0.717) is 5.56 Å². The smallest absolute Gasteiger partial charge is 0.337 e. The van der Waals surface area contributed by atoms with Gasteiger partial charge in [-0.3, -0.25) is 0 Å². The van der Waals surface area contributed by atoms with Crippen molar-refractivity contribution >= 4 is 23.0 Å². The first kappa shape index (κ1) is 13.6. The van der Waals surface area contributed by atoms with Gasteiger partial charge in [0, 0.05) is 17.1 Å². The highest BCUT2D eigenvalue weighted by molar-refractivity contribution is 7.10. The van der Waals surface area contributed by atoms with Crippen LogP contribution < -0.4 is 5.32 Å². The maximum atomic E-state index is 11.5. The van der Waals surface area contributed by atoms with Crippen LogP contribution in [0.1, 0.15) is 26.4 Å². The molecule has 4 heteroatoms. The minimum atomic E-state index is -0.310. The fourth-order valence-electron chi connectivity index (χ4n) is 1.82. The third-order valence-electron chi connectivity index (χ3n) is 3.07. The second-order valence-electron chi connectivity index (χ2n) is 4.40. The molecular formula is C15H17NO2S. The molecule has 0 radical (unpaired) electrons. The molecule has 0 aliphatic rings. The van der Waals surface area contributed by atoms with Crippen molar-refractivity contribution in [2.75, 3.05) is 12.4 Å². The van der Waals surface area contributed by atoms with Crippen LogP contribution in [0.5, 0.6) is 0 Å². The summed E-state index contributed by atoms with van der Waals surface area (Å²) in [5, 5.41) is 5.47. The quantitative estimate of drug-likeness (QED) is 0.863. The second-order valence-corrected chi connectivity index (χ2v) is 5.40. The number of methoxy groups -OCH3 is 1. The zero-order valence-corrected chi connectivity index (χ0v) is 12.1. The SMILES string of the molecule is COC(=O)c1ccc(C)c(NCc2sccc2C)c1. The molecule has 0 fully saturated rings. The van der Waals surface area contributed by atoms with Crippen molar-refractivity contribution < 1.29 is 9.53 Å². The first-order valence-corrected chi connectivity index (χ1v) is 6.95. The van der Waals surface area contributed by atoms with Gasteiger partial charge in [0.05, 0.1) is 12.7 Å². The number of esters is 1. The van der Waals surface area contributed by atoms with Crippen LogP contribution >= 0.6 is 11.3 Å². The van der Waals surface area contributed by atoms with Gasteiger partial charge >= 0.3 is 5.97 Å². The van der Waals surface area contributed by atoms with Gasteiger partial charge in [0.15, 0.2) is 0 Å². The highest BCUT2D eigenvalue weighted by Gasteiger charge is 2.08. The lowest BCUT2D eigenvalue weighted by Crippen LogP contribution is -2.05. The largest absolute Gasteiger partial charge is 0.465 e. The molecule has 0 saturated heterocycles. The van der Waals surface area contributed by atoms with Gasteiger partial charge < -0.3 is 10.1 Å². The number of anilines is 1. The Bertz CT molecular complexity index is 590. The highest BCUT2D eigenvalue weighted by atomic mass is 32.1. The number of rotatable bonds is 4. The molecule has 100 valence electrons. The second kappa shape index (κ2) is 5.89. The molecule has 0 saturated carbocycles. The molecule has 0 bridgehead atoms. The van der Waals surface area contributed by atoms with Gasteiger partial charge in [-0.2, -0.15) is 0 Å². The normalized spacial score (nSPS) is 10.3. The Morgan fingerprint density at radius 2 is 2.05 bits per heavy atom. The summed E-state index contributed by atoms with van der Waals surface area (Å²) in [5.74, 6) is -0.310. The van der Waals surface area contributed by atoms with Crippen LogP contribution in [0, 0.1) is 13.8 Å². The summed E-state index contributed by atoms with van der Waals surface area (Å²) in [5.41, 5.74) is 3.94. The first-order chi connectivity index (χ1) is 9.11. The zero-order valence-electron chi connectivity index (χ0n) is 11.3. The molecule has 19 heavy (non-hydrogen) atoms. The van der Waals surface area contributed by atoms with Gasteiger partial charge in [-0.05, 0) is 48.6 Å². The van der Waals surface area contributed by atoms with Crippen LogP contribution in [-0.2, 0) is 11.3 Å². The predicted molar refractivity (Wildman–Crippen MR) is 78.9 cm³/mol. The van der Waals surface area contributed by atoms with E-state index in [-0.39, 0.29) is 5.97 Å². The van der Waals surface area contributed by atoms with Gasteiger partial charge in [-0.25, -0.2) is 4.79 Å². The zero-order chi connectivity index (χ0) is 13.8.